The lowest BCUT2D eigenvalue weighted by atomic mass is 10.1. The molecule has 1 N–H and O–H groups in total. The fraction of sp³-hybridized carbons (Fsp3) is 0.0500. The quantitative estimate of drug-likeness (QED) is 0.559. The van der Waals surface area contributed by atoms with Gasteiger partial charge in [0.1, 0.15) is 22.9 Å². The second-order valence-corrected chi connectivity index (χ2v) is 5.64. The molecule has 0 saturated heterocycles. The molecule has 0 fully saturated rings. The molecule has 0 spiro atoms. The Morgan fingerprint density at radius 2 is 1.85 bits per heavy atom. The third-order valence-electron chi connectivity index (χ3n) is 4.01. The number of benzene rings is 1. The van der Waals surface area contributed by atoms with Gasteiger partial charge < -0.3 is 10.1 Å². The van der Waals surface area contributed by atoms with Crippen molar-refractivity contribution < 1.29 is 9.53 Å². The van der Waals surface area contributed by atoms with Crippen LogP contribution >= 0.6 is 0 Å². The van der Waals surface area contributed by atoms with Crippen molar-refractivity contribution in [2.45, 2.75) is 0 Å². The summed E-state index contributed by atoms with van der Waals surface area (Å²) < 4.78 is 6.94. The van der Waals surface area contributed by atoms with Crippen molar-refractivity contribution in [2.75, 3.05) is 12.4 Å². The highest BCUT2D eigenvalue weighted by Gasteiger charge is 2.21. The van der Waals surface area contributed by atoms with Crippen LogP contribution in [0.1, 0.15) is 16.1 Å². The van der Waals surface area contributed by atoms with Gasteiger partial charge in [-0.25, -0.2) is 9.97 Å². The summed E-state index contributed by atoms with van der Waals surface area (Å²) in [5.74, 6) is 1.66. The molecule has 4 rings (SSSR count). The number of fused-ring (bicyclic) bond motifs is 1. The largest absolute Gasteiger partial charge is 0.497 e. The van der Waals surface area contributed by atoms with Gasteiger partial charge in [-0.05, 0) is 48.5 Å². The third-order valence-corrected chi connectivity index (χ3v) is 4.01. The van der Waals surface area contributed by atoms with Crippen molar-refractivity contribution in [1.29, 1.82) is 0 Å². The molecule has 3 heterocycles. The van der Waals surface area contributed by atoms with Crippen LogP contribution in [0.3, 0.4) is 0 Å². The number of nitrogens with one attached hydrogen (secondary N) is 1. The number of methoxy groups -OCH3 is 1. The van der Waals surface area contributed by atoms with Gasteiger partial charge in [-0.1, -0.05) is 12.1 Å². The number of nitrogens with zero attached hydrogens (tertiary/aromatic N) is 3. The maximum Gasteiger partial charge on any atom is 0.213 e. The highest BCUT2D eigenvalue weighted by molar-refractivity contribution is 6.11. The standard InChI is InChI=1S/C20H16N4O2/c1-26-15-10-8-14(9-11-15)19(25)18-20(22-16-6-2-4-12-21-16)23-17-7-3-5-13-24(17)18/h2-13H,1H3,(H,21,22). The van der Waals surface area contributed by atoms with Crippen LogP contribution in [0.5, 0.6) is 5.75 Å². The SMILES string of the molecule is COc1ccc(C(=O)c2c(Nc3ccccn3)nc3ccccn23)cc1. The molecule has 0 saturated carbocycles. The van der Waals surface area contributed by atoms with E-state index in [2.05, 4.69) is 15.3 Å². The predicted octanol–water partition coefficient (Wildman–Crippen LogP) is 3.71. The molecule has 0 radical (unpaired) electrons. The minimum absolute atomic E-state index is 0.134. The van der Waals surface area contributed by atoms with E-state index in [9.17, 15) is 4.79 Å². The van der Waals surface area contributed by atoms with Crippen LogP contribution in [0, 0.1) is 0 Å². The zero-order chi connectivity index (χ0) is 17.9. The number of imidazole rings is 1. The first kappa shape index (κ1) is 15.8. The van der Waals surface area contributed by atoms with E-state index in [0.29, 0.717) is 34.3 Å². The van der Waals surface area contributed by atoms with Crippen molar-refractivity contribution in [3.05, 3.63) is 84.3 Å². The lowest BCUT2D eigenvalue weighted by molar-refractivity contribution is 0.103. The Morgan fingerprint density at radius 1 is 1.04 bits per heavy atom. The number of rotatable bonds is 5. The molecule has 6 heteroatoms. The van der Waals surface area contributed by atoms with E-state index in [1.807, 2.05) is 42.6 Å². The van der Waals surface area contributed by atoms with Gasteiger partial charge in [0, 0.05) is 18.0 Å². The Morgan fingerprint density at radius 3 is 2.58 bits per heavy atom. The molecule has 0 atom stereocenters. The van der Waals surface area contributed by atoms with Crippen LogP contribution in [-0.2, 0) is 0 Å². The second kappa shape index (κ2) is 6.68. The molecule has 1 aromatic carbocycles. The lowest BCUT2D eigenvalue weighted by Crippen LogP contribution is -2.08. The van der Waals surface area contributed by atoms with Gasteiger partial charge in [0.2, 0.25) is 5.78 Å². The molecule has 0 aliphatic carbocycles. The topological polar surface area (TPSA) is 68.5 Å². The first-order chi connectivity index (χ1) is 12.8. The van der Waals surface area contributed by atoms with Crippen molar-refractivity contribution in [2.24, 2.45) is 0 Å². The molecule has 0 aliphatic rings. The van der Waals surface area contributed by atoms with Crippen molar-refractivity contribution in [3.63, 3.8) is 0 Å². The van der Waals surface area contributed by atoms with E-state index < -0.39 is 0 Å². The van der Waals surface area contributed by atoms with E-state index in [4.69, 9.17) is 4.74 Å². The summed E-state index contributed by atoms with van der Waals surface area (Å²) in [6.45, 7) is 0. The molecular weight excluding hydrogens is 328 g/mol. The number of ketones is 1. The van der Waals surface area contributed by atoms with E-state index in [-0.39, 0.29) is 5.78 Å². The first-order valence-electron chi connectivity index (χ1n) is 8.10. The van der Waals surface area contributed by atoms with Crippen LogP contribution in [0.25, 0.3) is 5.65 Å². The molecule has 4 aromatic rings. The van der Waals surface area contributed by atoms with Gasteiger partial charge in [-0.15, -0.1) is 0 Å². The highest BCUT2D eigenvalue weighted by atomic mass is 16.5. The van der Waals surface area contributed by atoms with E-state index >= 15 is 0 Å². The Kier molecular flexibility index (Phi) is 4.07. The molecule has 26 heavy (non-hydrogen) atoms. The zero-order valence-corrected chi connectivity index (χ0v) is 14.1. The fourth-order valence-corrected chi connectivity index (χ4v) is 2.74. The summed E-state index contributed by atoms with van der Waals surface area (Å²) in [5.41, 5.74) is 1.69. The maximum atomic E-state index is 13.2. The van der Waals surface area contributed by atoms with Gasteiger partial charge in [0.05, 0.1) is 7.11 Å². The number of hydrogen-bond acceptors (Lipinski definition) is 5. The Hall–Kier alpha value is -3.67. The number of carbonyl (C=O) groups is 1. The average Bonchev–Trinajstić information content (AvgIpc) is 3.06. The smallest absolute Gasteiger partial charge is 0.213 e. The van der Waals surface area contributed by atoms with E-state index in [0.717, 1.165) is 0 Å². The predicted molar refractivity (Wildman–Crippen MR) is 99.1 cm³/mol. The number of anilines is 2. The van der Waals surface area contributed by atoms with Gasteiger partial charge in [0.15, 0.2) is 5.82 Å². The van der Waals surface area contributed by atoms with Crippen LogP contribution in [0.2, 0.25) is 0 Å². The van der Waals surface area contributed by atoms with E-state index in [1.165, 1.54) is 0 Å². The second-order valence-electron chi connectivity index (χ2n) is 5.64. The number of hydrogen-bond donors (Lipinski definition) is 1. The van der Waals surface area contributed by atoms with Gasteiger partial charge >= 0.3 is 0 Å². The lowest BCUT2D eigenvalue weighted by Gasteiger charge is -2.07. The van der Waals surface area contributed by atoms with Gasteiger partial charge in [0.25, 0.3) is 0 Å². The van der Waals surface area contributed by atoms with Crippen molar-refractivity contribution >= 4 is 23.1 Å². The minimum Gasteiger partial charge on any atom is -0.497 e. The van der Waals surface area contributed by atoms with Crippen LogP contribution in [0.15, 0.2) is 73.1 Å². The first-order valence-corrected chi connectivity index (χ1v) is 8.10. The molecule has 0 unspecified atom stereocenters. The van der Waals surface area contributed by atoms with Crippen molar-refractivity contribution in [3.8, 4) is 5.75 Å². The average molecular weight is 344 g/mol. The summed E-state index contributed by atoms with van der Waals surface area (Å²) in [7, 11) is 1.59. The molecule has 128 valence electrons. The van der Waals surface area contributed by atoms with Crippen molar-refractivity contribution in [1.82, 2.24) is 14.4 Å². The van der Waals surface area contributed by atoms with Gasteiger partial charge in [-0.3, -0.25) is 9.20 Å². The number of carbonyl (C=O) groups excluding carboxylic acids is 1. The normalized spacial score (nSPS) is 10.7. The summed E-state index contributed by atoms with van der Waals surface area (Å²) in [6.07, 6.45) is 3.51. The zero-order valence-electron chi connectivity index (χ0n) is 14.1. The Bertz CT molecular complexity index is 1060. The summed E-state index contributed by atoms with van der Waals surface area (Å²) in [6, 6.07) is 18.2. The Labute approximate surface area is 150 Å². The highest BCUT2D eigenvalue weighted by Crippen LogP contribution is 2.24. The summed E-state index contributed by atoms with van der Waals surface area (Å²) in [4.78, 5) is 22.0. The maximum absolute atomic E-state index is 13.2. The molecule has 6 nitrogen and oxygen atoms in total. The molecular formula is C20H16N4O2. The monoisotopic (exact) mass is 344 g/mol. The van der Waals surface area contributed by atoms with Gasteiger partial charge in [-0.2, -0.15) is 0 Å². The van der Waals surface area contributed by atoms with Crippen LogP contribution in [-0.4, -0.2) is 27.3 Å². The summed E-state index contributed by atoms with van der Waals surface area (Å²) >= 11 is 0. The van der Waals surface area contributed by atoms with E-state index in [1.54, 1.807) is 42.0 Å². The molecule has 0 bridgehead atoms. The molecule has 0 amide bonds. The van der Waals surface area contributed by atoms with Crippen LogP contribution in [0.4, 0.5) is 11.6 Å². The minimum atomic E-state index is -0.134. The number of aromatic nitrogens is 3. The number of ether oxygens (including phenoxy) is 1. The molecule has 0 aliphatic heterocycles. The Balaban J connectivity index is 1.81. The van der Waals surface area contributed by atoms with Crippen LogP contribution < -0.4 is 10.1 Å². The number of pyridine rings is 2. The summed E-state index contributed by atoms with van der Waals surface area (Å²) in [5, 5.41) is 3.15. The third kappa shape index (κ3) is 2.88. The fourth-order valence-electron chi connectivity index (χ4n) is 2.74. The molecule has 3 aromatic heterocycles.